The lowest BCUT2D eigenvalue weighted by atomic mass is 10.1. The first-order valence-corrected chi connectivity index (χ1v) is 7.19. The molecule has 0 saturated carbocycles. The predicted molar refractivity (Wildman–Crippen MR) is 86.3 cm³/mol. The molecule has 0 spiro atoms. The second-order valence-electron chi connectivity index (χ2n) is 5.14. The van der Waals surface area contributed by atoms with Crippen LogP contribution in [-0.4, -0.2) is 15.1 Å². The van der Waals surface area contributed by atoms with Crippen LogP contribution in [-0.2, 0) is 0 Å². The summed E-state index contributed by atoms with van der Waals surface area (Å²) in [6.07, 6.45) is 0. The second-order valence-corrected chi connectivity index (χ2v) is 5.55. The van der Waals surface area contributed by atoms with Crippen molar-refractivity contribution in [3.8, 4) is 22.8 Å². The monoisotopic (exact) mass is 329 g/mol. The Kier molecular flexibility index (Phi) is 3.83. The van der Waals surface area contributed by atoms with Gasteiger partial charge >= 0.3 is 0 Å². The number of nitro groups is 1. The highest BCUT2D eigenvalue weighted by atomic mass is 35.5. The maximum absolute atomic E-state index is 10.9. The van der Waals surface area contributed by atoms with Crippen molar-refractivity contribution in [1.29, 1.82) is 0 Å². The molecule has 0 aliphatic carbocycles. The molecule has 0 aliphatic rings. The summed E-state index contributed by atoms with van der Waals surface area (Å²) < 4.78 is 5.22. The number of hydrogen-bond donors (Lipinski definition) is 0. The van der Waals surface area contributed by atoms with E-state index in [0.29, 0.717) is 16.4 Å². The van der Waals surface area contributed by atoms with Crippen LogP contribution in [0.1, 0.15) is 11.1 Å². The second kappa shape index (κ2) is 5.81. The fourth-order valence-electron chi connectivity index (χ4n) is 2.12. The van der Waals surface area contributed by atoms with Gasteiger partial charge in [-0.25, -0.2) is 0 Å². The zero-order valence-corrected chi connectivity index (χ0v) is 13.2. The highest BCUT2D eigenvalue weighted by Crippen LogP contribution is 2.31. The lowest BCUT2D eigenvalue weighted by Gasteiger charge is -2.01. The highest BCUT2D eigenvalue weighted by Gasteiger charge is 2.17. The minimum atomic E-state index is -0.500. The average Bonchev–Trinajstić information content (AvgIpc) is 3.00. The summed E-state index contributed by atoms with van der Waals surface area (Å²) >= 11 is 6.09. The molecule has 0 atom stereocenters. The van der Waals surface area contributed by atoms with Crippen LogP contribution in [0.3, 0.4) is 0 Å². The Labute approximate surface area is 136 Å². The molecule has 116 valence electrons. The fraction of sp³-hybridized carbons (Fsp3) is 0.125. The van der Waals surface area contributed by atoms with E-state index < -0.39 is 4.92 Å². The van der Waals surface area contributed by atoms with Crippen LogP contribution in [0.2, 0.25) is 5.02 Å². The van der Waals surface area contributed by atoms with Crippen LogP contribution in [0, 0.1) is 24.0 Å². The van der Waals surface area contributed by atoms with Crippen LogP contribution >= 0.6 is 11.6 Å². The van der Waals surface area contributed by atoms with E-state index in [9.17, 15) is 10.1 Å². The van der Waals surface area contributed by atoms with Gasteiger partial charge in [-0.3, -0.25) is 10.1 Å². The van der Waals surface area contributed by atoms with Gasteiger partial charge in [0.05, 0.1) is 15.5 Å². The van der Waals surface area contributed by atoms with Crippen molar-refractivity contribution in [2.45, 2.75) is 13.8 Å². The summed E-state index contributed by atoms with van der Waals surface area (Å²) in [7, 11) is 0. The third kappa shape index (κ3) is 2.93. The molecule has 23 heavy (non-hydrogen) atoms. The lowest BCUT2D eigenvalue weighted by molar-refractivity contribution is -0.384. The first-order chi connectivity index (χ1) is 11.0. The van der Waals surface area contributed by atoms with Gasteiger partial charge in [0, 0.05) is 17.7 Å². The van der Waals surface area contributed by atoms with Crippen LogP contribution in [0.5, 0.6) is 0 Å². The van der Waals surface area contributed by atoms with E-state index in [1.807, 2.05) is 32.0 Å². The van der Waals surface area contributed by atoms with Crippen molar-refractivity contribution in [1.82, 2.24) is 10.1 Å². The maximum Gasteiger partial charge on any atom is 0.270 e. The van der Waals surface area contributed by atoms with Crippen molar-refractivity contribution < 1.29 is 9.45 Å². The summed E-state index contributed by atoms with van der Waals surface area (Å²) in [5, 5.41) is 15.1. The molecule has 3 aromatic rings. The number of halogens is 1. The quantitative estimate of drug-likeness (QED) is 0.518. The minimum Gasteiger partial charge on any atom is -0.334 e. The molecule has 6 nitrogen and oxygen atoms in total. The zero-order valence-electron chi connectivity index (χ0n) is 12.4. The van der Waals surface area contributed by atoms with E-state index in [1.165, 1.54) is 23.8 Å². The standard InChI is InChI=1S/C16H12ClN3O3/c1-9-3-4-11(7-10(9)2)15-18-16(23-19-15)13-8-12(20(21)22)5-6-14(13)17/h3-8H,1-2H3. The Bertz CT molecular complexity index is 905. The van der Waals surface area contributed by atoms with Crippen molar-refractivity contribution >= 4 is 17.3 Å². The molecule has 1 aromatic heterocycles. The molecule has 2 aromatic carbocycles. The summed E-state index contributed by atoms with van der Waals surface area (Å²) in [5.74, 6) is 0.553. The highest BCUT2D eigenvalue weighted by molar-refractivity contribution is 6.33. The van der Waals surface area contributed by atoms with Crippen LogP contribution in [0.25, 0.3) is 22.8 Å². The number of nitrogens with zero attached hydrogens (tertiary/aromatic N) is 3. The smallest absolute Gasteiger partial charge is 0.270 e. The number of benzene rings is 2. The molecule has 7 heteroatoms. The molecule has 0 bridgehead atoms. The van der Waals surface area contributed by atoms with E-state index in [2.05, 4.69) is 10.1 Å². The van der Waals surface area contributed by atoms with E-state index >= 15 is 0 Å². The van der Waals surface area contributed by atoms with E-state index in [0.717, 1.165) is 11.1 Å². The van der Waals surface area contributed by atoms with Gasteiger partial charge in [0.1, 0.15) is 0 Å². The predicted octanol–water partition coefficient (Wildman–Crippen LogP) is 4.58. The number of aryl methyl sites for hydroxylation is 2. The molecule has 0 radical (unpaired) electrons. The molecule has 1 heterocycles. The van der Waals surface area contributed by atoms with E-state index in [-0.39, 0.29) is 11.6 Å². The summed E-state index contributed by atoms with van der Waals surface area (Å²) in [6, 6.07) is 9.91. The van der Waals surface area contributed by atoms with Gasteiger partial charge in [-0.15, -0.1) is 0 Å². The van der Waals surface area contributed by atoms with Gasteiger partial charge < -0.3 is 4.52 Å². The minimum absolute atomic E-state index is 0.0877. The number of hydrogen-bond acceptors (Lipinski definition) is 5. The first kappa shape index (κ1) is 15.2. The van der Waals surface area contributed by atoms with E-state index in [4.69, 9.17) is 16.1 Å². The normalized spacial score (nSPS) is 10.7. The topological polar surface area (TPSA) is 82.1 Å². The number of rotatable bonds is 3. The Hall–Kier alpha value is -2.73. The third-order valence-corrected chi connectivity index (χ3v) is 3.91. The molecule has 0 amide bonds. The number of non-ortho nitro benzene ring substituents is 1. The number of aromatic nitrogens is 2. The fourth-order valence-corrected chi connectivity index (χ4v) is 2.32. The largest absolute Gasteiger partial charge is 0.334 e. The maximum atomic E-state index is 10.9. The average molecular weight is 330 g/mol. The Balaban J connectivity index is 2.03. The molecular formula is C16H12ClN3O3. The van der Waals surface area contributed by atoms with Gasteiger partial charge in [0.2, 0.25) is 5.82 Å². The van der Waals surface area contributed by atoms with Crippen molar-refractivity contribution in [3.05, 3.63) is 62.7 Å². The Morgan fingerprint density at radius 1 is 1.13 bits per heavy atom. The molecule has 0 aliphatic heterocycles. The summed E-state index contributed by atoms with van der Waals surface area (Å²) in [4.78, 5) is 14.7. The van der Waals surface area contributed by atoms with Gasteiger partial charge in [0.25, 0.3) is 11.6 Å². The summed E-state index contributed by atoms with van der Waals surface area (Å²) in [5.41, 5.74) is 3.34. The van der Waals surface area contributed by atoms with Crippen molar-refractivity contribution in [2.75, 3.05) is 0 Å². The van der Waals surface area contributed by atoms with Crippen molar-refractivity contribution in [3.63, 3.8) is 0 Å². The van der Waals surface area contributed by atoms with E-state index in [1.54, 1.807) is 0 Å². The van der Waals surface area contributed by atoms with Crippen LogP contribution in [0.15, 0.2) is 40.9 Å². The van der Waals surface area contributed by atoms with Gasteiger partial charge in [-0.1, -0.05) is 28.9 Å². The Morgan fingerprint density at radius 2 is 1.91 bits per heavy atom. The van der Waals surface area contributed by atoms with Crippen molar-refractivity contribution in [2.24, 2.45) is 0 Å². The molecule has 3 rings (SSSR count). The molecular weight excluding hydrogens is 318 g/mol. The van der Waals surface area contributed by atoms with Gasteiger partial charge in [0.15, 0.2) is 0 Å². The SMILES string of the molecule is Cc1ccc(-c2noc(-c3cc([N+](=O)[O-])ccc3Cl)n2)cc1C. The summed E-state index contributed by atoms with van der Waals surface area (Å²) in [6.45, 7) is 4.01. The molecule has 0 saturated heterocycles. The first-order valence-electron chi connectivity index (χ1n) is 6.81. The molecule has 0 N–H and O–H groups in total. The van der Waals surface area contributed by atoms with Crippen LogP contribution in [0.4, 0.5) is 5.69 Å². The van der Waals surface area contributed by atoms with Gasteiger partial charge in [-0.2, -0.15) is 4.98 Å². The van der Waals surface area contributed by atoms with Gasteiger partial charge in [-0.05, 0) is 37.1 Å². The molecule has 0 unspecified atom stereocenters. The lowest BCUT2D eigenvalue weighted by Crippen LogP contribution is -1.89. The number of nitro benzene ring substituents is 1. The zero-order chi connectivity index (χ0) is 16.6. The third-order valence-electron chi connectivity index (χ3n) is 3.58. The Morgan fingerprint density at radius 3 is 2.61 bits per heavy atom. The molecule has 0 fully saturated rings. The van der Waals surface area contributed by atoms with Crippen LogP contribution < -0.4 is 0 Å².